The van der Waals surface area contributed by atoms with Crippen molar-refractivity contribution in [3.8, 4) is 11.1 Å². The average Bonchev–Trinajstić information content (AvgIpc) is 3.17. The van der Waals surface area contributed by atoms with Crippen LogP contribution in [-0.4, -0.2) is 27.4 Å². The maximum Gasteiger partial charge on any atom is 0.0474 e. The van der Waals surface area contributed by atoms with Gasteiger partial charge in [0.05, 0.1) is 0 Å². The van der Waals surface area contributed by atoms with Crippen LogP contribution in [0.5, 0.6) is 0 Å². The van der Waals surface area contributed by atoms with Gasteiger partial charge in [0, 0.05) is 49.9 Å². The molecule has 0 saturated carbocycles. The van der Waals surface area contributed by atoms with Crippen LogP contribution >= 0.6 is 0 Å². The van der Waals surface area contributed by atoms with Gasteiger partial charge in [-0.1, -0.05) is 66.7 Å². The number of fused-ring (bicyclic) bond motifs is 3. The molecule has 0 saturated heterocycles. The minimum Gasteiger partial charge on any atom is -0.385 e. The first-order valence-electron chi connectivity index (χ1n) is 11.9. The Morgan fingerprint density at radius 1 is 0.559 bits per heavy atom. The molecule has 0 heterocycles. The second-order valence-corrected chi connectivity index (χ2v) is 8.85. The fraction of sp³-hybridized carbons (Fsp3) is 0.226. The molecule has 5 rings (SSSR count). The maximum atomic E-state index is 5.60. The smallest absolute Gasteiger partial charge is 0.0474 e. The number of nitrogens with zero attached hydrogens (tertiary/aromatic N) is 1. The average molecular weight is 450 g/mol. The quantitative estimate of drug-likeness (QED) is 0.264. The topological polar surface area (TPSA) is 21.7 Å². The molecule has 172 valence electrons. The number of para-hydroxylation sites is 2. The number of benzene rings is 4. The van der Waals surface area contributed by atoms with Crippen LogP contribution in [-0.2, 0) is 14.9 Å². The Labute approximate surface area is 202 Å². The van der Waals surface area contributed by atoms with E-state index in [-0.39, 0.29) is 5.41 Å². The number of methoxy groups -OCH3 is 2. The van der Waals surface area contributed by atoms with E-state index in [2.05, 4.69) is 108 Å². The summed E-state index contributed by atoms with van der Waals surface area (Å²) >= 11 is 0. The Balaban J connectivity index is 1.70. The van der Waals surface area contributed by atoms with Gasteiger partial charge in [-0.15, -0.1) is 0 Å². The number of rotatable bonds is 9. The van der Waals surface area contributed by atoms with E-state index in [9.17, 15) is 0 Å². The van der Waals surface area contributed by atoms with Crippen LogP contribution in [0.2, 0.25) is 0 Å². The minimum absolute atomic E-state index is 0.146. The summed E-state index contributed by atoms with van der Waals surface area (Å²) < 4.78 is 11.2. The van der Waals surface area contributed by atoms with Gasteiger partial charge in [0.2, 0.25) is 0 Å². The Kier molecular flexibility index (Phi) is 6.48. The van der Waals surface area contributed by atoms with Crippen molar-refractivity contribution < 1.29 is 9.47 Å². The SMILES string of the molecule is COCCC1(CCOC)c2ccccc2-c2ccc(N(c3ccccc3)c3ccccc3)cc21. The summed E-state index contributed by atoms with van der Waals surface area (Å²) in [5.41, 5.74) is 8.66. The van der Waals surface area contributed by atoms with Crippen molar-refractivity contribution in [2.45, 2.75) is 18.3 Å². The van der Waals surface area contributed by atoms with E-state index in [1.807, 2.05) is 0 Å². The fourth-order valence-electron chi connectivity index (χ4n) is 5.40. The molecule has 0 aliphatic heterocycles. The lowest BCUT2D eigenvalue weighted by atomic mass is 9.73. The molecule has 0 unspecified atom stereocenters. The van der Waals surface area contributed by atoms with E-state index in [0.717, 1.165) is 29.9 Å². The van der Waals surface area contributed by atoms with Gasteiger partial charge >= 0.3 is 0 Å². The molecular formula is C31H31NO2. The number of hydrogen-bond acceptors (Lipinski definition) is 3. The van der Waals surface area contributed by atoms with Crippen molar-refractivity contribution in [2.24, 2.45) is 0 Å². The van der Waals surface area contributed by atoms with Gasteiger partial charge in [0.15, 0.2) is 0 Å². The Morgan fingerprint density at radius 3 is 1.68 bits per heavy atom. The van der Waals surface area contributed by atoms with Gasteiger partial charge in [-0.3, -0.25) is 0 Å². The molecule has 34 heavy (non-hydrogen) atoms. The Bertz CT molecular complexity index is 1190. The van der Waals surface area contributed by atoms with E-state index in [0.29, 0.717) is 13.2 Å². The van der Waals surface area contributed by atoms with Crippen LogP contribution in [0.15, 0.2) is 103 Å². The summed E-state index contributed by atoms with van der Waals surface area (Å²) in [6, 6.07) is 36.9. The molecule has 3 heteroatoms. The van der Waals surface area contributed by atoms with E-state index in [4.69, 9.17) is 9.47 Å². The summed E-state index contributed by atoms with van der Waals surface area (Å²) in [5, 5.41) is 0. The molecule has 0 spiro atoms. The monoisotopic (exact) mass is 449 g/mol. The lowest BCUT2D eigenvalue weighted by Crippen LogP contribution is -2.29. The highest BCUT2D eigenvalue weighted by Crippen LogP contribution is 2.54. The third-order valence-corrected chi connectivity index (χ3v) is 7.00. The molecule has 1 aliphatic rings. The largest absolute Gasteiger partial charge is 0.385 e. The van der Waals surface area contributed by atoms with Gasteiger partial charge in [0.1, 0.15) is 0 Å². The summed E-state index contributed by atoms with van der Waals surface area (Å²) in [5.74, 6) is 0. The lowest BCUT2D eigenvalue weighted by molar-refractivity contribution is 0.145. The van der Waals surface area contributed by atoms with Crippen LogP contribution < -0.4 is 4.90 Å². The van der Waals surface area contributed by atoms with Gasteiger partial charge in [-0.05, 0) is 71.5 Å². The van der Waals surface area contributed by atoms with Crippen LogP contribution in [0.1, 0.15) is 24.0 Å². The van der Waals surface area contributed by atoms with Crippen molar-refractivity contribution in [1.82, 2.24) is 0 Å². The van der Waals surface area contributed by atoms with Crippen LogP contribution in [0, 0.1) is 0 Å². The predicted octanol–water partition coefficient (Wildman–Crippen LogP) is 7.50. The molecule has 3 nitrogen and oxygen atoms in total. The molecule has 1 aliphatic carbocycles. The Morgan fingerprint density at radius 2 is 1.09 bits per heavy atom. The van der Waals surface area contributed by atoms with E-state index in [1.54, 1.807) is 14.2 Å². The Hall–Kier alpha value is -3.40. The summed E-state index contributed by atoms with van der Waals surface area (Å²) in [4.78, 5) is 2.33. The molecule has 0 N–H and O–H groups in total. The second-order valence-electron chi connectivity index (χ2n) is 8.85. The highest BCUT2D eigenvalue weighted by molar-refractivity contribution is 5.85. The second kappa shape index (κ2) is 9.84. The van der Waals surface area contributed by atoms with Crippen molar-refractivity contribution in [3.05, 3.63) is 114 Å². The highest BCUT2D eigenvalue weighted by Gasteiger charge is 2.42. The maximum absolute atomic E-state index is 5.60. The minimum atomic E-state index is -0.146. The van der Waals surface area contributed by atoms with Crippen molar-refractivity contribution in [1.29, 1.82) is 0 Å². The number of ether oxygens (including phenoxy) is 2. The van der Waals surface area contributed by atoms with E-state index < -0.39 is 0 Å². The molecule has 0 aromatic heterocycles. The van der Waals surface area contributed by atoms with Gasteiger partial charge in [-0.2, -0.15) is 0 Å². The molecule has 0 amide bonds. The van der Waals surface area contributed by atoms with Gasteiger partial charge in [0.25, 0.3) is 0 Å². The number of hydrogen-bond donors (Lipinski definition) is 0. The third kappa shape index (κ3) is 3.91. The molecule has 4 aromatic rings. The summed E-state index contributed by atoms with van der Waals surface area (Å²) in [6.07, 6.45) is 1.83. The number of anilines is 3. The normalized spacial score (nSPS) is 13.4. The molecule has 4 aromatic carbocycles. The fourth-order valence-corrected chi connectivity index (χ4v) is 5.40. The molecule has 0 atom stereocenters. The molecular weight excluding hydrogens is 418 g/mol. The summed E-state index contributed by atoms with van der Waals surface area (Å²) in [7, 11) is 3.57. The van der Waals surface area contributed by atoms with Gasteiger partial charge in [-0.25, -0.2) is 0 Å². The zero-order chi connectivity index (χ0) is 23.4. The van der Waals surface area contributed by atoms with Crippen LogP contribution in [0.3, 0.4) is 0 Å². The summed E-state index contributed by atoms with van der Waals surface area (Å²) in [6.45, 7) is 1.39. The van der Waals surface area contributed by atoms with Crippen LogP contribution in [0.25, 0.3) is 11.1 Å². The molecule has 0 bridgehead atoms. The standard InChI is InChI=1S/C31H31NO2/c1-33-21-19-31(20-22-34-2)29-16-10-9-15-27(29)28-18-17-26(23-30(28)31)32(24-11-5-3-6-12-24)25-13-7-4-8-14-25/h3-18,23H,19-22H2,1-2H3. The van der Waals surface area contributed by atoms with Crippen molar-refractivity contribution in [2.75, 3.05) is 32.3 Å². The van der Waals surface area contributed by atoms with Crippen LogP contribution in [0.4, 0.5) is 17.1 Å². The third-order valence-electron chi connectivity index (χ3n) is 7.00. The lowest BCUT2D eigenvalue weighted by Gasteiger charge is -2.33. The predicted molar refractivity (Wildman–Crippen MR) is 140 cm³/mol. The van der Waals surface area contributed by atoms with Crippen molar-refractivity contribution in [3.63, 3.8) is 0 Å². The van der Waals surface area contributed by atoms with Gasteiger partial charge < -0.3 is 14.4 Å². The van der Waals surface area contributed by atoms with Crippen molar-refractivity contribution >= 4 is 17.1 Å². The first-order valence-corrected chi connectivity index (χ1v) is 11.9. The first-order chi connectivity index (χ1) is 16.8. The zero-order valence-corrected chi connectivity index (χ0v) is 19.9. The van der Waals surface area contributed by atoms with E-state index in [1.165, 1.54) is 22.3 Å². The highest BCUT2D eigenvalue weighted by atomic mass is 16.5. The zero-order valence-electron chi connectivity index (χ0n) is 19.9. The molecule has 0 fully saturated rings. The first kappa shape index (κ1) is 22.4. The molecule has 0 radical (unpaired) electrons. The van der Waals surface area contributed by atoms with E-state index >= 15 is 0 Å².